The second-order valence-corrected chi connectivity index (χ2v) is 10.4. The lowest BCUT2D eigenvalue weighted by molar-refractivity contribution is -0.136. The van der Waals surface area contributed by atoms with Crippen LogP contribution in [0, 0.1) is 23.3 Å². The molecule has 0 fully saturated rings. The van der Waals surface area contributed by atoms with Gasteiger partial charge in [-0.1, -0.05) is 18.2 Å². The molecule has 3 aromatic carbocycles. The third kappa shape index (κ3) is 5.50. The number of halogens is 6. The molecule has 0 radical (unpaired) electrons. The van der Waals surface area contributed by atoms with Crippen molar-refractivity contribution in [1.29, 1.82) is 0 Å². The lowest BCUT2D eigenvalue weighted by Gasteiger charge is -2.35. The second-order valence-electron chi connectivity index (χ2n) is 10.4. The summed E-state index contributed by atoms with van der Waals surface area (Å²) < 4.78 is 93.2. The van der Waals surface area contributed by atoms with Gasteiger partial charge in [0.25, 0.3) is 6.43 Å². The number of nitrogens with zero attached hydrogens (tertiary/aromatic N) is 2. The van der Waals surface area contributed by atoms with Crippen molar-refractivity contribution in [2.45, 2.75) is 31.7 Å². The summed E-state index contributed by atoms with van der Waals surface area (Å²) >= 11 is 0. The zero-order valence-electron chi connectivity index (χ0n) is 22.8. The van der Waals surface area contributed by atoms with E-state index in [2.05, 4.69) is 15.0 Å². The summed E-state index contributed by atoms with van der Waals surface area (Å²) in [5.74, 6) is -5.35. The predicted molar refractivity (Wildman–Crippen MR) is 148 cm³/mol. The molecule has 3 N–H and O–H groups in total. The van der Waals surface area contributed by atoms with Crippen molar-refractivity contribution >= 4 is 16.9 Å². The highest BCUT2D eigenvalue weighted by molar-refractivity contribution is 5.82. The van der Waals surface area contributed by atoms with Gasteiger partial charge in [-0.2, -0.15) is 0 Å². The van der Waals surface area contributed by atoms with Crippen LogP contribution in [0.2, 0.25) is 0 Å². The quantitative estimate of drug-likeness (QED) is 0.154. The highest BCUT2D eigenvalue weighted by Gasteiger charge is 2.36. The second kappa shape index (κ2) is 11.7. The fourth-order valence-corrected chi connectivity index (χ4v) is 5.56. The largest absolute Gasteiger partial charge is 0.481 e. The van der Waals surface area contributed by atoms with Crippen LogP contribution in [0.5, 0.6) is 11.5 Å². The minimum absolute atomic E-state index is 0.0219. The van der Waals surface area contributed by atoms with Gasteiger partial charge in [0.05, 0.1) is 29.4 Å². The molecule has 7 nitrogen and oxygen atoms in total. The highest BCUT2D eigenvalue weighted by atomic mass is 19.3. The van der Waals surface area contributed by atoms with Crippen molar-refractivity contribution in [3.05, 3.63) is 101 Å². The van der Waals surface area contributed by atoms with Gasteiger partial charge in [-0.05, 0) is 36.2 Å². The number of carboxylic acids is 1. The standard InChI is InChI=1S/C31H24F6N4O3/c32-20-6-5-16(44-30-21(33)13-23-17(27(30)37)8-10-38-23)12-19(20)31-39-22-9-11-41(14-24(34)35)29(28(22)40-31)18-3-1-2-15(26(18)36)4-7-25(42)43/h1-3,5-6,8,10,12-13,24,29,38H,4,7,9,11,14H2,(H,39,40)(H,42,43). The van der Waals surface area contributed by atoms with Crippen molar-refractivity contribution < 1.29 is 41.0 Å². The van der Waals surface area contributed by atoms with Gasteiger partial charge in [0.2, 0.25) is 0 Å². The minimum Gasteiger partial charge on any atom is -0.481 e. The summed E-state index contributed by atoms with van der Waals surface area (Å²) in [5, 5.41) is 9.14. The summed E-state index contributed by atoms with van der Waals surface area (Å²) in [4.78, 5) is 22.7. The molecule has 6 rings (SSSR count). The molecule has 0 spiro atoms. The number of fused-ring (bicyclic) bond motifs is 2. The number of aromatic nitrogens is 3. The third-order valence-corrected chi connectivity index (χ3v) is 7.58. The van der Waals surface area contributed by atoms with E-state index >= 15 is 8.78 Å². The molecule has 1 atom stereocenters. The Balaban J connectivity index is 1.39. The van der Waals surface area contributed by atoms with Gasteiger partial charge < -0.3 is 19.8 Å². The van der Waals surface area contributed by atoms with Crippen molar-refractivity contribution in [2.75, 3.05) is 13.1 Å². The number of hydrogen-bond acceptors (Lipinski definition) is 4. The fourth-order valence-electron chi connectivity index (χ4n) is 5.56. The molecule has 1 aliphatic rings. The molecule has 5 aromatic rings. The average molecular weight is 615 g/mol. The van der Waals surface area contributed by atoms with Crippen molar-refractivity contribution in [3.63, 3.8) is 0 Å². The zero-order valence-corrected chi connectivity index (χ0v) is 22.8. The Bertz CT molecular complexity index is 1870. The number of imidazole rings is 1. The SMILES string of the molecule is O=C(O)CCc1cccc(C2c3nc(-c4cc(Oc5c(F)cc6[nH]ccc6c5F)ccc4F)[nH]c3CCN2CC(F)F)c1F. The van der Waals surface area contributed by atoms with Crippen LogP contribution >= 0.6 is 0 Å². The number of aryl methyl sites for hydroxylation is 1. The number of nitrogens with one attached hydrogen (secondary N) is 2. The first kappa shape index (κ1) is 29.3. The molecule has 13 heteroatoms. The Morgan fingerprint density at radius 3 is 2.66 bits per heavy atom. The number of alkyl halides is 2. The molecular weight excluding hydrogens is 590 g/mol. The number of hydrogen-bond donors (Lipinski definition) is 3. The summed E-state index contributed by atoms with van der Waals surface area (Å²) in [5.41, 5.74) is 0.894. The fraction of sp³-hybridized carbons (Fsp3) is 0.226. The average Bonchev–Trinajstić information content (AvgIpc) is 3.63. The van der Waals surface area contributed by atoms with Crippen LogP contribution in [0.4, 0.5) is 26.3 Å². The Morgan fingerprint density at radius 1 is 1.07 bits per heavy atom. The van der Waals surface area contributed by atoms with Gasteiger partial charge in [0.1, 0.15) is 23.2 Å². The van der Waals surface area contributed by atoms with E-state index in [4.69, 9.17) is 9.84 Å². The molecule has 3 heterocycles. The molecule has 1 unspecified atom stereocenters. The Morgan fingerprint density at radius 2 is 1.89 bits per heavy atom. The van der Waals surface area contributed by atoms with Gasteiger partial charge in [0, 0.05) is 48.3 Å². The first-order chi connectivity index (χ1) is 21.1. The molecule has 0 bridgehead atoms. The van der Waals surface area contributed by atoms with E-state index in [1.54, 1.807) is 0 Å². The molecule has 0 aliphatic carbocycles. The number of aromatic amines is 2. The van der Waals surface area contributed by atoms with Crippen LogP contribution in [-0.4, -0.2) is 50.4 Å². The molecule has 228 valence electrons. The van der Waals surface area contributed by atoms with Gasteiger partial charge in [-0.15, -0.1) is 0 Å². The number of aliphatic carboxylic acids is 1. The maximum Gasteiger partial charge on any atom is 0.303 e. The van der Waals surface area contributed by atoms with E-state index < -0.39 is 54.0 Å². The summed E-state index contributed by atoms with van der Waals surface area (Å²) in [6.07, 6.45) is -1.51. The Kier molecular flexibility index (Phi) is 7.80. The summed E-state index contributed by atoms with van der Waals surface area (Å²) in [6, 6.07) is 9.18. The monoisotopic (exact) mass is 614 g/mol. The van der Waals surface area contributed by atoms with Crippen LogP contribution in [0.1, 0.15) is 35.0 Å². The van der Waals surface area contributed by atoms with E-state index in [1.807, 2.05) is 0 Å². The topological polar surface area (TPSA) is 94.2 Å². The summed E-state index contributed by atoms with van der Waals surface area (Å²) in [7, 11) is 0. The summed E-state index contributed by atoms with van der Waals surface area (Å²) in [6.45, 7) is -0.584. The lowest BCUT2D eigenvalue weighted by atomic mass is 9.93. The van der Waals surface area contributed by atoms with E-state index in [0.29, 0.717) is 5.69 Å². The van der Waals surface area contributed by atoms with Crippen LogP contribution < -0.4 is 4.74 Å². The van der Waals surface area contributed by atoms with Crippen LogP contribution in [-0.2, 0) is 17.6 Å². The maximum absolute atomic E-state index is 15.7. The number of ether oxygens (including phenoxy) is 1. The first-order valence-corrected chi connectivity index (χ1v) is 13.6. The number of rotatable bonds is 9. The molecule has 2 aromatic heterocycles. The van der Waals surface area contributed by atoms with Crippen molar-refractivity contribution in [2.24, 2.45) is 0 Å². The van der Waals surface area contributed by atoms with E-state index in [-0.39, 0.29) is 70.7 Å². The normalized spacial score (nSPS) is 15.2. The van der Waals surface area contributed by atoms with Crippen LogP contribution in [0.15, 0.2) is 54.7 Å². The molecule has 0 saturated carbocycles. The molecular formula is C31H24F6N4O3. The predicted octanol–water partition coefficient (Wildman–Crippen LogP) is 7.14. The highest BCUT2D eigenvalue weighted by Crippen LogP contribution is 2.39. The Hall–Kier alpha value is -4.78. The van der Waals surface area contributed by atoms with E-state index in [9.17, 15) is 22.4 Å². The third-order valence-electron chi connectivity index (χ3n) is 7.58. The van der Waals surface area contributed by atoms with Crippen LogP contribution in [0.25, 0.3) is 22.3 Å². The first-order valence-electron chi connectivity index (χ1n) is 13.6. The molecule has 44 heavy (non-hydrogen) atoms. The number of benzene rings is 3. The van der Waals surface area contributed by atoms with Crippen molar-refractivity contribution in [1.82, 2.24) is 19.9 Å². The molecule has 1 aliphatic heterocycles. The van der Waals surface area contributed by atoms with E-state index in [0.717, 1.165) is 12.1 Å². The maximum atomic E-state index is 15.7. The zero-order chi connectivity index (χ0) is 31.1. The van der Waals surface area contributed by atoms with Gasteiger partial charge in [-0.25, -0.2) is 31.3 Å². The van der Waals surface area contributed by atoms with E-state index in [1.165, 1.54) is 47.5 Å². The van der Waals surface area contributed by atoms with Crippen molar-refractivity contribution in [3.8, 4) is 22.9 Å². The van der Waals surface area contributed by atoms with Gasteiger partial charge >= 0.3 is 5.97 Å². The van der Waals surface area contributed by atoms with Gasteiger partial charge in [-0.3, -0.25) is 9.69 Å². The number of carbonyl (C=O) groups is 1. The molecule has 0 amide bonds. The molecule has 0 saturated heterocycles. The smallest absolute Gasteiger partial charge is 0.303 e. The lowest BCUT2D eigenvalue weighted by Crippen LogP contribution is -2.39. The number of carboxylic acid groups (broad SMARTS) is 1. The Labute approximate surface area is 246 Å². The minimum atomic E-state index is -2.74. The number of H-pyrrole nitrogens is 2. The van der Waals surface area contributed by atoms with Crippen LogP contribution in [0.3, 0.4) is 0 Å². The van der Waals surface area contributed by atoms with Gasteiger partial charge in [0.15, 0.2) is 17.4 Å².